The minimum atomic E-state index is 0.118. The third kappa shape index (κ3) is 3.03. The molecule has 18 heavy (non-hydrogen) atoms. The minimum Gasteiger partial charge on any atom is -0.291 e. The fraction of sp³-hybridized carbons (Fsp3) is 0.385. The van der Waals surface area contributed by atoms with Crippen molar-refractivity contribution in [3.05, 3.63) is 24.3 Å². The Labute approximate surface area is 115 Å². The monoisotopic (exact) mass is 280 g/mol. The second-order valence-corrected chi connectivity index (χ2v) is 6.08. The van der Waals surface area contributed by atoms with Gasteiger partial charge in [0, 0.05) is 7.05 Å². The highest BCUT2D eigenvalue weighted by Gasteiger charge is 2.14. The summed E-state index contributed by atoms with van der Waals surface area (Å²) in [6, 6.07) is 7.95. The van der Waals surface area contributed by atoms with Crippen LogP contribution in [0.1, 0.15) is 13.3 Å². The summed E-state index contributed by atoms with van der Waals surface area (Å²) < 4.78 is 1.12. The van der Waals surface area contributed by atoms with Crippen LogP contribution in [0.15, 0.2) is 24.3 Å². The minimum absolute atomic E-state index is 0.118. The predicted molar refractivity (Wildman–Crippen MR) is 80.6 cm³/mol. The molecule has 2 rings (SSSR count). The standard InChI is InChI=1S/C13H16N2OS2/c1-3-8-17-9-12(16)15(2)13-14-10-6-4-5-7-11(10)18-13/h4-7H,3,8-9H2,1-2H3. The van der Waals surface area contributed by atoms with Gasteiger partial charge in [-0.1, -0.05) is 30.4 Å². The highest BCUT2D eigenvalue weighted by Crippen LogP contribution is 2.28. The van der Waals surface area contributed by atoms with Gasteiger partial charge >= 0.3 is 0 Å². The maximum absolute atomic E-state index is 12.0. The van der Waals surface area contributed by atoms with E-state index >= 15 is 0 Å². The smallest absolute Gasteiger partial charge is 0.238 e. The summed E-state index contributed by atoms with van der Waals surface area (Å²) in [5, 5.41) is 0.776. The number of aromatic nitrogens is 1. The first kappa shape index (κ1) is 13.4. The lowest BCUT2D eigenvalue weighted by Gasteiger charge is -2.12. The van der Waals surface area contributed by atoms with Gasteiger partial charge in [0.2, 0.25) is 5.91 Å². The Hall–Kier alpha value is -1.07. The van der Waals surface area contributed by atoms with Crippen LogP contribution in [0.5, 0.6) is 0 Å². The van der Waals surface area contributed by atoms with Crippen molar-refractivity contribution in [2.75, 3.05) is 23.5 Å². The summed E-state index contributed by atoms with van der Waals surface area (Å²) >= 11 is 3.23. The fourth-order valence-electron chi connectivity index (χ4n) is 1.51. The van der Waals surface area contributed by atoms with Gasteiger partial charge in [-0.15, -0.1) is 0 Å². The number of thiazole rings is 1. The highest BCUT2D eigenvalue weighted by molar-refractivity contribution is 7.99. The molecule has 0 unspecified atom stereocenters. The second kappa shape index (κ2) is 6.20. The van der Waals surface area contributed by atoms with E-state index in [0.717, 1.165) is 27.5 Å². The molecule has 0 saturated carbocycles. The molecule has 0 aliphatic heterocycles. The number of rotatable bonds is 5. The van der Waals surface area contributed by atoms with E-state index in [4.69, 9.17) is 0 Å². The molecule has 0 bridgehead atoms. The Morgan fingerprint density at radius 1 is 1.44 bits per heavy atom. The van der Waals surface area contributed by atoms with Crippen LogP contribution in [-0.4, -0.2) is 29.4 Å². The number of carbonyl (C=O) groups excluding carboxylic acids is 1. The van der Waals surface area contributed by atoms with E-state index in [9.17, 15) is 4.79 Å². The average molecular weight is 280 g/mol. The van der Waals surface area contributed by atoms with E-state index in [0.29, 0.717) is 5.75 Å². The van der Waals surface area contributed by atoms with Crippen molar-refractivity contribution in [3.8, 4) is 0 Å². The molecule has 0 spiro atoms. The first-order valence-corrected chi connectivity index (χ1v) is 7.89. The van der Waals surface area contributed by atoms with E-state index in [1.807, 2.05) is 24.3 Å². The van der Waals surface area contributed by atoms with Gasteiger partial charge in [0.25, 0.3) is 0 Å². The first-order chi connectivity index (χ1) is 8.72. The summed E-state index contributed by atoms with van der Waals surface area (Å²) in [6.45, 7) is 2.12. The molecule has 96 valence electrons. The van der Waals surface area contributed by atoms with Crippen LogP contribution in [-0.2, 0) is 4.79 Å². The second-order valence-electron chi connectivity index (χ2n) is 3.97. The van der Waals surface area contributed by atoms with Crippen LogP contribution in [0.4, 0.5) is 5.13 Å². The quantitative estimate of drug-likeness (QED) is 0.787. The molecule has 0 saturated heterocycles. The molecule has 1 amide bonds. The number of nitrogens with zero attached hydrogens (tertiary/aromatic N) is 2. The van der Waals surface area contributed by atoms with Gasteiger partial charge < -0.3 is 0 Å². The number of fused-ring (bicyclic) bond motifs is 1. The van der Waals surface area contributed by atoms with Gasteiger partial charge in [0.1, 0.15) is 0 Å². The van der Waals surface area contributed by atoms with Gasteiger partial charge in [0.05, 0.1) is 16.0 Å². The Bertz CT molecular complexity index is 506. The maximum atomic E-state index is 12.0. The number of hydrogen-bond donors (Lipinski definition) is 0. The van der Waals surface area contributed by atoms with Crippen molar-refractivity contribution in [1.82, 2.24) is 4.98 Å². The van der Waals surface area contributed by atoms with Gasteiger partial charge in [-0.3, -0.25) is 9.69 Å². The number of carbonyl (C=O) groups is 1. The number of amides is 1. The third-order valence-electron chi connectivity index (χ3n) is 2.52. The number of anilines is 1. The molecule has 1 aromatic carbocycles. The number of para-hydroxylation sites is 1. The molecular weight excluding hydrogens is 264 g/mol. The van der Waals surface area contributed by atoms with E-state index in [1.54, 1.807) is 35.0 Å². The van der Waals surface area contributed by atoms with E-state index < -0.39 is 0 Å². The number of thioether (sulfide) groups is 1. The lowest BCUT2D eigenvalue weighted by Crippen LogP contribution is -2.27. The fourth-order valence-corrected chi connectivity index (χ4v) is 3.26. The van der Waals surface area contributed by atoms with Gasteiger partial charge in [0.15, 0.2) is 5.13 Å². The molecule has 1 aromatic heterocycles. The van der Waals surface area contributed by atoms with Crippen LogP contribution < -0.4 is 4.90 Å². The Morgan fingerprint density at radius 3 is 2.94 bits per heavy atom. The van der Waals surface area contributed by atoms with E-state index in [-0.39, 0.29) is 5.91 Å². The lowest BCUT2D eigenvalue weighted by molar-refractivity contribution is -0.115. The molecule has 0 aliphatic rings. The van der Waals surface area contributed by atoms with E-state index in [2.05, 4.69) is 11.9 Å². The molecule has 0 fully saturated rings. The van der Waals surface area contributed by atoms with E-state index in [1.165, 1.54) is 0 Å². The Morgan fingerprint density at radius 2 is 2.22 bits per heavy atom. The van der Waals surface area contributed by atoms with Crippen LogP contribution in [0, 0.1) is 0 Å². The summed E-state index contributed by atoms with van der Waals surface area (Å²) in [6.07, 6.45) is 1.10. The van der Waals surface area contributed by atoms with Crippen LogP contribution >= 0.6 is 23.1 Å². The third-order valence-corrected chi connectivity index (χ3v) is 4.78. The zero-order valence-corrected chi connectivity index (χ0v) is 12.2. The van der Waals surface area contributed by atoms with Crippen LogP contribution in [0.3, 0.4) is 0 Å². The van der Waals surface area contributed by atoms with Crippen molar-refractivity contribution in [1.29, 1.82) is 0 Å². The summed E-state index contributed by atoms with van der Waals surface area (Å²) in [4.78, 5) is 18.1. The number of benzene rings is 1. The topological polar surface area (TPSA) is 33.2 Å². The molecule has 0 atom stereocenters. The summed E-state index contributed by atoms with van der Waals surface area (Å²) in [5.74, 6) is 1.67. The molecule has 5 heteroatoms. The zero-order chi connectivity index (χ0) is 13.0. The molecule has 1 heterocycles. The predicted octanol–water partition coefficient (Wildman–Crippen LogP) is 3.40. The highest BCUT2D eigenvalue weighted by atomic mass is 32.2. The van der Waals surface area contributed by atoms with Crippen LogP contribution in [0.25, 0.3) is 10.2 Å². The lowest BCUT2D eigenvalue weighted by atomic mass is 10.3. The van der Waals surface area contributed by atoms with Crippen molar-refractivity contribution in [2.24, 2.45) is 0 Å². The maximum Gasteiger partial charge on any atom is 0.238 e. The van der Waals surface area contributed by atoms with Crippen molar-refractivity contribution in [2.45, 2.75) is 13.3 Å². The summed E-state index contributed by atoms with van der Waals surface area (Å²) in [5.41, 5.74) is 0.957. The molecule has 2 aromatic rings. The Balaban J connectivity index is 2.08. The molecule has 3 nitrogen and oxygen atoms in total. The first-order valence-electron chi connectivity index (χ1n) is 5.92. The Kier molecular flexibility index (Phi) is 4.60. The normalized spacial score (nSPS) is 10.8. The average Bonchev–Trinajstić information content (AvgIpc) is 2.81. The largest absolute Gasteiger partial charge is 0.291 e. The van der Waals surface area contributed by atoms with Crippen molar-refractivity contribution < 1.29 is 4.79 Å². The SMILES string of the molecule is CCCSCC(=O)N(C)c1nc2ccccc2s1. The summed E-state index contributed by atoms with van der Waals surface area (Å²) in [7, 11) is 1.80. The van der Waals surface area contributed by atoms with Gasteiger partial charge in [-0.05, 0) is 24.3 Å². The van der Waals surface area contributed by atoms with Crippen molar-refractivity contribution in [3.63, 3.8) is 0 Å². The molecule has 0 radical (unpaired) electrons. The number of hydrogen-bond acceptors (Lipinski definition) is 4. The van der Waals surface area contributed by atoms with Crippen LogP contribution in [0.2, 0.25) is 0 Å². The van der Waals surface area contributed by atoms with Gasteiger partial charge in [-0.25, -0.2) is 4.98 Å². The zero-order valence-electron chi connectivity index (χ0n) is 10.5. The van der Waals surface area contributed by atoms with Gasteiger partial charge in [-0.2, -0.15) is 11.8 Å². The molecule has 0 N–H and O–H groups in total. The molecular formula is C13H16N2OS2. The van der Waals surface area contributed by atoms with Crippen molar-refractivity contribution >= 4 is 44.4 Å². The molecule has 0 aliphatic carbocycles.